The quantitative estimate of drug-likeness (QED) is 0.836. The molecule has 0 aromatic heterocycles. The molecule has 1 fully saturated rings. The van der Waals surface area contributed by atoms with E-state index in [1.807, 2.05) is 6.07 Å². The number of ether oxygens (including phenoxy) is 1. The van der Waals surface area contributed by atoms with Crippen LogP contribution in [-0.4, -0.2) is 38.3 Å². The molecule has 106 valence electrons. The van der Waals surface area contributed by atoms with E-state index in [2.05, 4.69) is 5.32 Å². The van der Waals surface area contributed by atoms with Crippen molar-refractivity contribution in [2.75, 3.05) is 31.1 Å². The van der Waals surface area contributed by atoms with Crippen molar-refractivity contribution >= 4 is 11.7 Å². The molecule has 0 bridgehead atoms. The number of benzene rings is 1. The first-order valence-electron chi connectivity index (χ1n) is 6.51. The number of carbonyl (C=O) groups is 1. The van der Waals surface area contributed by atoms with Crippen molar-refractivity contribution in [3.63, 3.8) is 0 Å². The molecule has 0 aliphatic carbocycles. The number of nitriles is 1. The van der Waals surface area contributed by atoms with Crippen LogP contribution in [0.15, 0.2) is 18.2 Å². The van der Waals surface area contributed by atoms with Crippen LogP contribution in [0, 0.1) is 17.1 Å². The molecule has 1 saturated heterocycles. The molecule has 0 saturated carbocycles. The third-order valence-electron chi connectivity index (χ3n) is 3.19. The van der Waals surface area contributed by atoms with Crippen molar-refractivity contribution in [3.05, 3.63) is 29.6 Å². The van der Waals surface area contributed by atoms with Gasteiger partial charge in [0, 0.05) is 19.6 Å². The van der Waals surface area contributed by atoms with Crippen LogP contribution in [0.2, 0.25) is 0 Å². The summed E-state index contributed by atoms with van der Waals surface area (Å²) < 4.78 is 18.3. The summed E-state index contributed by atoms with van der Waals surface area (Å²) in [4.78, 5) is 13.8. The Morgan fingerprint density at radius 1 is 1.65 bits per heavy atom. The Morgan fingerprint density at radius 3 is 3.15 bits per heavy atom. The molecule has 0 spiro atoms. The van der Waals surface area contributed by atoms with Crippen LogP contribution in [-0.2, 0) is 9.53 Å². The molecule has 2 rings (SSSR count). The van der Waals surface area contributed by atoms with Crippen molar-refractivity contribution in [2.24, 2.45) is 0 Å². The summed E-state index contributed by atoms with van der Waals surface area (Å²) in [6, 6.07) is 5.48. The molecular formula is C14H16FN3O2. The Balaban J connectivity index is 2.33. The fourth-order valence-electron chi connectivity index (χ4n) is 2.29. The molecule has 1 N–H and O–H groups in total. The minimum absolute atomic E-state index is 0.223. The molecule has 1 atom stereocenters. The number of hydrogen-bond donors (Lipinski definition) is 1. The maximum absolute atomic E-state index is 13.2. The van der Waals surface area contributed by atoms with Crippen molar-refractivity contribution in [3.8, 4) is 6.07 Å². The number of esters is 1. The first kappa shape index (κ1) is 14.3. The van der Waals surface area contributed by atoms with Gasteiger partial charge >= 0.3 is 5.97 Å². The Kier molecular flexibility index (Phi) is 4.53. The summed E-state index contributed by atoms with van der Waals surface area (Å²) in [6.45, 7) is 3.75. The molecule has 1 aromatic rings. The Bertz CT molecular complexity index is 542. The van der Waals surface area contributed by atoms with E-state index < -0.39 is 11.9 Å². The number of carbonyl (C=O) groups excluding carboxylic acids is 1. The van der Waals surface area contributed by atoms with Crippen LogP contribution in [0.4, 0.5) is 10.1 Å². The van der Waals surface area contributed by atoms with Crippen LogP contribution in [0.1, 0.15) is 12.5 Å². The van der Waals surface area contributed by atoms with E-state index in [0.29, 0.717) is 31.9 Å². The van der Waals surface area contributed by atoms with Gasteiger partial charge in [-0.25, -0.2) is 9.18 Å². The van der Waals surface area contributed by atoms with Crippen LogP contribution in [0.3, 0.4) is 0 Å². The first-order chi connectivity index (χ1) is 9.67. The van der Waals surface area contributed by atoms with Crippen molar-refractivity contribution < 1.29 is 13.9 Å². The molecule has 6 heteroatoms. The molecule has 1 unspecified atom stereocenters. The summed E-state index contributed by atoms with van der Waals surface area (Å²) >= 11 is 0. The summed E-state index contributed by atoms with van der Waals surface area (Å²) in [7, 11) is 0. The van der Waals surface area contributed by atoms with E-state index in [1.165, 1.54) is 18.2 Å². The SMILES string of the molecule is CCOC(=O)C1CNCCN1c1ccc(F)cc1C#N. The lowest BCUT2D eigenvalue weighted by atomic mass is 10.1. The summed E-state index contributed by atoms with van der Waals surface area (Å²) in [5.74, 6) is -0.805. The van der Waals surface area contributed by atoms with Gasteiger partial charge in [-0.1, -0.05) is 0 Å². The Labute approximate surface area is 116 Å². The zero-order chi connectivity index (χ0) is 14.5. The lowest BCUT2D eigenvalue weighted by Gasteiger charge is -2.36. The van der Waals surface area contributed by atoms with Gasteiger partial charge in [-0.05, 0) is 25.1 Å². The second-order valence-electron chi connectivity index (χ2n) is 4.44. The topological polar surface area (TPSA) is 65.4 Å². The minimum Gasteiger partial charge on any atom is -0.464 e. The van der Waals surface area contributed by atoms with Gasteiger partial charge in [-0.15, -0.1) is 0 Å². The van der Waals surface area contributed by atoms with E-state index in [-0.39, 0.29) is 11.5 Å². The van der Waals surface area contributed by atoms with Crippen LogP contribution in [0.5, 0.6) is 0 Å². The second-order valence-corrected chi connectivity index (χ2v) is 4.44. The number of rotatable bonds is 3. The predicted octanol–water partition coefficient (Wildman–Crippen LogP) is 1.04. The highest BCUT2D eigenvalue weighted by Gasteiger charge is 2.31. The molecule has 0 radical (unpaired) electrons. The second kappa shape index (κ2) is 6.35. The standard InChI is InChI=1S/C14H16FN3O2/c1-2-20-14(19)13-9-17-5-6-18(13)12-4-3-11(15)7-10(12)8-16/h3-4,7,13,17H,2,5-6,9H2,1H3. The Hall–Kier alpha value is -2.13. The molecule has 0 amide bonds. The molecule has 1 aliphatic rings. The van der Waals surface area contributed by atoms with Gasteiger partial charge < -0.3 is 15.0 Å². The zero-order valence-electron chi connectivity index (χ0n) is 11.2. The van der Waals surface area contributed by atoms with E-state index in [4.69, 9.17) is 10.00 Å². The predicted molar refractivity (Wildman–Crippen MR) is 71.8 cm³/mol. The van der Waals surface area contributed by atoms with Crippen molar-refractivity contribution in [1.29, 1.82) is 5.26 Å². The van der Waals surface area contributed by atoms with E-state index in [0.717, 1.165) is 0 Å². The first-order valence-corrected chi connectivity index (χ1v) is 6.51. The van der Waals surface area contributed by atoms with Gasteiger partial charge in [0.2, 0.25) is 0 Å². The highest BCUT2D eigenvalue weighted by Crippen LogP contribution is 2.24. The highest BCUT2D eigenvalue weighted by molar-refractivity contribution is 5.81. The zero-order valence-corrected chi connectivity index (χ0v) is 11.2. The smallest absolute Gasteiger partial charge is 0.330 e. The molecule has 1 heterocycles. The molecule has 1 aromatic carbocycles. The molecule has 5 nitrogen and oxygen atoms in total. The van der Waals surface area contributed by atoms with Gasteiger partial charge in [-0.3, -0.25) is 0 Å². The fourth-order valence-corrected chi connectivity index (χ4v) is 2.29. The third-order valence-corrected chi connectivity index (χ3v) is 3.19. The maximum atomic E-state index is 13.2. The van der Waals surface area contributed by atoms with E-state index in [1.54, 1.807) is 11.8 Å². The van der Waals surface area contributed by atoms with Crippen molar-refractivity contribution in [2.45, 2.75) is 13.0 Å². The minimum atomic E-state index is -0.499. The molecular weight excluding hydrogens is 261 g/mol. The van der Waals surface area contributed by atoms with Gasteiger partial charge in [-0.2, -0.15) is 5.26 Å². The number of anilines is 1. The third kappa shape index (κ3) is 2.89. The monoisotopic (exact) mass is 277 g/mol. The van der Waals surface area contributed by atoms with Crippen LogP contribution < -0.4 is 10.2 Å². The fraction of sp³-hybridized carbons (Fsp3) is 0.429. The summed E-state index contributed by atoms with van der Waals surface area (Å²) in [6.07, 6.45) is 0. The summed E-state index contributed by atoms with van der Waals surface area (Å²) in [5, 5.41) is 12.2. The van der Waals surface area contributed by atoms with Crippen molar-refractivity contribution in [1.82, 2.24) is 5.32 Å². The lowest BCUT2D eigenvalue weighted by Crippen LogP contribution is -2.55. The number of hydrogen-bond acceptors (Lipinski definition) is 5. The molecule has 1 aliphatic heterocycles. The van der Waals surface area contributed by atoms with Crippen LogP contribution >= 0.6 is 0 Å². The van der Waals surface area contributed by atoms with Gasteiger partial charge in [0.15, 0.2) is 0 Å². The highest BCUT2D eigenvalue weighted by atomic mass is 19.1. The van der Waals surface area contributed by atoms with E-state index in [9.17, 15) is 9.18 Å². The van der Waals surface area contributed by atoms with Gasteiger partial charge in [0.1, 0.15) is 17.9 Å². The lowest BCUT2D eigenvalue weighted by molar-refractivity contribution is -0.144. The number of nitrogens with one attached hydrogen (secondary N) is 1. The number of halogens is 1. The Morgan fingerprint density at radius 2 is 2.45 bits per heavy atom. The molecule has 20 heavy (non-hydrogen) atoms. The van der Waals surface area contributed by atoms with Gasteiger partial charge in [0.25, 0.3) is 0 Å². The average molecular weight is 277 g/mol. The maximum Gasteiger partial charge on any atom is 0.330 e. The normalized spacial score (nSPS) is 18.4. The number of nitrogens with zero attached hydrogens (tertiary/aromatic N) is 2. The largest absolute Gasteiger partial charge is 0.464 e. The number of piperazine rings is 1. The van der Waals surface area contributed by atoms with Crippen LogP contribution in [0.25, 0.3) is 0 Å². The average Bonchev–Trinajstić information content (AvgIpc) is 2.47. The van der Waals surface area contributed by atoms with E-state index >= 15 is 0 Å². The summed E-state index contributed by atoms with van der Waals surface area (Å²) in [5.41, 5.74) is 0.787. The van der Waals surface area contributed by atoms with Gasteiger partial charge in [0.05, 0.1) is 17.9 Å².